The Kier molecular flexibility index (Phi) is 7.47. The first-order valence-corrected chi connectivity index (χ1v) is 13.5. The number of carbonyl (C=O) groups excluding carboxylic acids is 1. The molecule has 0 bridgehead atoms. The van der Waals surface area contributed by atoms with Gasteiger partial charge in [-0.15, -0.1) is 0 Å². The van der Waals surface area contributed by atoms with Gasteiger partial charge in [0.25, 0.3) is 0 Å². The largest absolute Gasteiger partial charge is 0.444 e. The van der Waals surface area contributed by atoms with E-state index in [1.807, 2.05) is 32.0 Å². The molecule has 4 heterocycles. The van der Waals surface area contributed by atoms with Crippen molar-refractivity contribution in [2.24, 2.45) is 0 Å². The van der Waals surface area contributed by atoms with E-state index < -0.39 is 17.9 Å². The molecule has 0 saturated carbocycles. The van der Waals surface area contributed by atoms with Crippen LogP contribution in [0.1, 0.15) is 50.1 Å². The average Bonchev–Trinajstić information content (AvgIpc) is 3.29. The maximum Gasteiger partial charge on any atom is 0.410 e. The second kappa shape index (κ2) is 10.7. The van der Waals surface area contributed by atoms with Crippen LogP contribution < -0.4 is 4.90 Å². The topological polar surface area (TPSA) is 106 Å². The minimum atomic E-state index is -1.22. The highest BCUT2D eigenvalue weighted by Gasteiger charge is 2.35. The number of benzene rings is 1. The van der Waals surface area contributed by atoms with Gasteiger partial charge in [-0.2, -0.15) is 5.10 Å². The summed E-state index contributed by atoms with van der Waals surface area (Å²) >= 11 is 0. The molecule has 2 aliphatic heterocycles. The molecular weight excluding hydrogens is 503 g/mol. The number of aryl methyl sites for hydroxylation is 2. The summed E-state index contributed by atoms with van der Waals surface area (Å²) in [5.41, 5.74) is 2.10. The summed E-state index contributed by atoms with van der Waals surface area (Å²) in [4.78, 5) is 25.3. The van der Waals surface area contributed by atoms with Crippen molar-refractivity contribution in [3.63, 3.8) is 0 Å². The first kappa shape index (κ1) is 27.3. The lowest BCUT2D eigenvalue weighted by molar-refractivity contribution is 0.00335. The lowest BCUT2D eigenvalue weighted by Gasteiger charge is -2.36. The first-order chi connectivity index (χ1) is 18.5. The third kappa shape index (κ3) is 5.84. The predicted molar refractivity (Wildman–Crippen MR) is 145 cm³/mol. The molecule has 2 fully saturated rings. The van der Waals surface area contributed by atoms with Crippen molar-refractivity contribution in [2.75, 3.05) is 44.3 Å². The number of rotatable bonds is 4. The van der Waals surface area contributed by atoms with Gasteiger partial charge in [0.15, 0.2) is 5.82 Å². The van der Waals surface area contributed by atoms with E-state index in [4.69, 9.17) is 9.47 Å². The number of nitrogens with zero attached hydrogens (tertiary/aromatic N) is 6. The van der Waals surface area contributed by atoms with Gasteiger partial charge >= 0.3 is 6.09 Å². The molecule has 5 rings (SSSR count). The summed E-state index contributed by atoms with van der Waals surface area (Å²) in [7, 11) is 0. The Bertz CT molecular complexity index is 1360. The second-order valence-electron chi connectivity index (χ2n) is 11.4. The fourth-order valence-electron chi connectivity index (χ4n) is 5.38. The van der Waals surface area contributed by atoms with Crippen LogP contribution in [0.2, 0.25) is 0 Å². The van der Waals surface area contributed by atoms with Crippen molar-refractivity contribution >= 4 is 22.8 Å². The fourth-order valence-corrected chi connectivity index (χ4v) is 5.38. The molecule has 0 radical (unpaired) electrons. The van der Waals surface area contributed by atoms with Gasteiger partial charge < -0.3 is 24.4 Å². The van der Waals surface area contributed by atoms with Gasteiger partial charge in [0.05, 0.1) is 37.6 Å². The van der Waals surface area contributed by atoms with E-state index in [1.165, 1.54) is 4.90 Å². The number of hydrogen-bond donors (Lipinski definition) is 1. The minimum absolute atomic E-state index is 0.000826. The molecule has 3 atom stereocenters. The zero-order chi connectivity index (χ0) is 27.9. The number of hydrogen-bond acceptors (Lipinski definition) is 8. The van der Waals surface area contributed by atoms with Crippen LogP contribution >= 0.6 is 0 Å². The Morgan fingerprint density at radius 3 is 2.64 bits per heavy atom. The Balaban J connectivity index is 1.43. The van der Waals surface area contributed by atoms with E-state index >= 15 is 4.39 Å². The summed E-state index contributed by atoms with van der Waals surface area (Å²) < 4.78 is 28.4. The van der Waals surface area contributed by atoms with Gasteiger partial charge in [0.2, 0.25) is 0 Å². The molecule has 2 saturated heterocycles. The van der Waals surface area contributed by atoms with Gasteiger partial charge in [-0.25, -0.2) is 23.8 Å². The van der Waals surface area contributed by atoms with Crippen LogP contribution in [0.5, 0.6) is 0 Å². The van der Waals surface area contributed by atoms with E-state index in [9.17, 15) is 9.90 Å². The fraction of sp³-hybridized carbons (Fsp3) is 0.571. The number of aliphatic hydroxyl groups is 1. The highest BCUT2D eigenvalue weighted by Crippen LogP contribution is 2.35. The lowest BCUT2D eigenvalue weighted by Crippen LogP contribution is -2.46. The third-order valence-corrected chi connectivity index (χ3v) is 7.24. The minimum Gasteiger partial charge on any atom is -0.444 e. The van der Waals surface area contributed by atoms with E-state index in [1.54, 1.807) is 31.6 Å². The molecule has 1 amide bonds. The Morgan fingerprint density at radius 2 is 1.92 bits per heavy atom. The number of amides is 1. The predicted octanol–water partition coefficient (Wildman–Crippen LogP) is 3.69. The number of halogens is 1. The number of likely N-dealkylation sites (tertiary alicyclic amines) is 1. The standard InChI is InChI=1S/C28H37FN6O4/c1-17-10-19-13-30-35(26-12-25(31-18(2)32-26)33-8-9-38-20(14-33)16-36)24(19)11-22(17)21-6-7-34(15-23(21)29)27(37)39-28(3,4)5/h10-13,20-21,23,36H,6-9,14-16H2,1-5H3. The summed E-state index contributed by atoms with van der Waals surface area (Å²) in [6.07, 6.45) is 0.337. The quantitative estimate of drug-likeness (QED) is 0.534. The van der Waals surface area contributed by atoms with Crippen LogP contribution in [0.25, 0.3) is 16.7 Å². The van der Waals surface area contributed by atoms with Gasteiger partial charge in [-0.05, 0) is 64.3 Å². The number of alkyl halides is 1. The number of aliphatic hydroxyl groups excluding tert-OH is 1. The van der Waals surface area contributed by atoms with E-state index in [2.05, 4.69) is 20.0 Å². The van der Waals surface area contributed by atoms with Crippen LogP contribution in [-0.4, -0.2) is 93.1 Å². The smallest absolute Gasteiger partial charge is 0.410 e. The van der Waals surface area contributed by atoms with Crippen LogP contribution in [-0.2, 0) is 9.47 Å². The highest BCUT2D eigenvalue weighted by molar-refractivity contribution is 5.82. The maximum atomic E-state index is 15.6. The van der Waals surface area contributed by atoms with Crippen molar-refractivity contribution in [3.05, 3.63) is 41.3 Å². The van der Waals surface area contributed by atoms with Crippen molar-refractivity contribution in [3.8, 4) is 5.82 Å². The molecule has 11 heteroatoms. The molecule has 10 nitrogen and oxygen atoms in total. The SMILES string of the molecule is Cc1nc(N2CCOC(CO)C2)cc(-n2ncc3cc(C)c(C4CCN(C(=O)OC(C)(C)C)CC4F)cc32)n1. The van der Waals surface area contributed by atoms with Crippen molar-refractivity contribution < 1.29 is 23.8 Å². The normalized spacial score (nSPS) is 22.4. The Morgan fingerprint density at radius 1 is 1.15 bits per heavy atom. The van der Waals surface area contributed by atoms with Crippen molar-refractivity contribution in [1.82, 2.24) is 24.6 Å². The van der Waals surface area contributed by atoms with Crippen molar-refractivity contribution in [1.29, 1.82) is 0 Å². The molecule has 39 heavy (non-hydrogen) atoms. The first-order valence-electron chi connectivity index (χ1n) is 13.5. The maximum absolute atomic E-state index is 15.6. The van der Waals surface area contributed by atoms with Gasteiger partial charge in [0, 0.05) is 37.0 Å². The lowest BCUT2D eigenvalue weighted by atomic mass is 9.85. The Hall–Kier alpha value is -3.31. The third-order valence-electron chi connectivity index (χ3n) is 7.24. The number of anilines is 1. The van der Waals surface area contributed by atoms with Gasteiger partial charge in [0.1, 0.15) is 23.4 Å². The number of piperidine rings is 1. The molecule has 1 N–H and O–H groups in total. The molecule has 0 spiro atoms. The zero-order valence-corrected chi connectivity index (χ0v) is 23.2. The molecular formula is C28H37FN6O4. The molecule has 3 aromatic rings. The molecule has 210 valence electrons. The molecule has 1 aromatic carbocycles. The molecule has 3 unspecified atom stereocenters. The average molecular weight is 541 g/mol. The summed E-state index contributed by atoms with van der Waals surface area (Å²) in [6.45, 7) is 11.3. The van der Waals surface area contributed by atoms with Crippen LogP contribution in [0.15, 0.2) is 24.4 Å². The van der Waals surface area contributed by atoms with Crippen LogP contribution in [0.3, 0.4) is 0 Å². The van der Waals surface area contributed by atoms with Gasteiger partial charge in [-0.1, -0.05) is 0 Å². The number of morpholine rings is 1. The van der Waals surface area contributed by atoms with Gasteiger partial charge in [-0.3, -0.25) is 0 Å². The second-order valence-corrected chi connectivity index (χ2v) is 11.4. The van der Waals surface area contributed by atoms with Crippen LogP contribution in [0, 0.1) is 13.8 Å². The zero-order valence-electron chi connectivity index (χ0n) is 23.2. The molecule has 2 aliphatic rings. The molecule has 2 aromatic heterocycles. The highest BCUT2D eigenvalue weighted by atomic mass is 19.1. The number of fused-ring (bicyclic) bond motifs is 1. The van der Waals surface area contributed by atoms with E-state index in [0.717, 1.165) is 27.8 Å². The summed E-state index contributed by atoms with van der Waals surface area (Å²) in [5, 5.41) is 15.1. The van der Waals surface area contributed by atoms with E-state index in [0.29, 0.717) is 44.3 Å². The number of ether oxygens (including phenoxy) is 2. The number of aromatic nitrogens is 4. The van der Waals surface area contributed by atoms with Crippen molar-refractivity contribution in [2.45, 2.75) is 64.8 Å². The number of carbonyl (C=O) groups is 1. The molecule has 0 aliphatic carbocycles. The van der Waals surface area contributed by atoms with Crippen LogP contribution in [0.4, 0.5) is 15.0 Å². The summed E-state index contributed by atoms with van der Waals surface area (Å²) in [5.74, 6) is 1.62. The summed E-state index contributed by atoms with van der Waals surface area (Å²) in [6, 6.07) is 5.92. The Labute approximate surface area is 227 Å². The monoisotopic (exact) mass is 540 g/mol. The van der Waals surface area contributed by atoms with E-state index in [-0.39, 0.29) is 25.2 Å².